The van der Waals surface area contributed by atoms with Crippen LogP contribution in [0.4, 0.5) is 0 Å². The predicted molar refractivity (Wildman–Crippen MR) is 13.7 cm³/mol. The number of hydrogen-bond acceptors (Lipinski definition) is 0. The standard InChI is InChI=1S/Fe.Mg.Ni.Si.2H/q;+2;;;2*-1. The monoisotopic (exact) mass is 168 g/mol. The summed E-state index contributed by atoms with van der Waals surface area (Å²) in [6.07, 6.45) is 0. The second kappa shape index (κ2) is 20.0. The summed E-state index contributed by atoms with van der Waals surface area (Å²) in [7, 11) is 0. The second-order valence-corrected chi connectivity index (χ2v) is 0. The minimum atomic E-state index is 0. The van der Waals surface area contributed by atoms with Crippen molar-refractivity contribution in [3.63, 3.8) is 0 Å². The van der Waals surface area contributed by atoms with Crippen molar-refractivity contribution in [2.75, 3.05) is 0 Å². The first kappa shape index (κ1) is 37.6. The first-order valence-electron chi connectivity index (χ1n) is 0. The SMILES string of the molecule is [Fe].[H-].[H-].[Mg+2].[Ni].[Si]. The molecule has 0 bridgehead atoms. The van der Waals surface area contributed by atoms with Crippen molar-refractivity contribution in [1.82, 2.24) is 0 Å². The largest absolute Gasteiger partial charge is 2.00 e. The third-order valence-electron chi connectivity index (χ3n) is 0. The average Bonchev–Trinajstić information content (AvgIpc) is 0. The molecule has 0 fully saturated rings. The first-order chi connectivity index (χ1) is 0. The predicted octanol–water partition coefficient (Wildman–Crippen LogP) is -0.542. The zero-order valence-corrected chi connectivity index (χ0v) is 6.38. The fourth-order valence-electron chi connectivity index (χ4n) is 0. The third-order valence-corrected chi connectivity index (χ3v) is 0. The van der Waals surface area contributed by atoms with Gasteiger partial charge >= 0.3 is 23.1 Å². The van der Waals surface area contributed by atoms with Gasteiger partial charge in [-0.05, 0) is 0 Å². The van der Waals surface area contributed by atoms with Crippen molar-refractivity contribution >= 4 is 34.0 Å². The van der Waals surface area contributed by atoms with Crippen LogP contribution in [0, 0.1) is 0 Å². The summed E-state index contributed by atoms with van der Waals surface area (Å²) in [6.45, 7) is 0. The van der Waals surface area contributed by atoms with Gasteiger partial charge in [0.1, 0.15) is 0 Å². The number of rotatable bonds is 0. The molecule has 0 aliphatic heterocycles. The molecule has 0 aromatic rings. The molecule has 0 saturated heterocycles. The Morgan fingerprint density at radius 2 is 1.25 bits per heavy atom. The van der Waals surface area contributed by atoms with E-state index in [2.05, 4.69) is 0 Å². The summed E-state index contributed by atoms with van der Waals surface area (Å²) in [5.41, 5.74) is 0. The van der Waals surface area contributed by atoms with Crippen molar-refractivity contribution in [3.8, 4) is 0 Å². The van der Waals surface area contributed by atoms with Gasteiger partial charge in [0.05, 0.1) is 0 Å². The Kier molecular flexibility index (Phi) is 188. The Morgan fingerprint density at radius 1 is 1.25 bits per heavy atom. The Morgan fingerprint density at radius 3 is 1.25 bits per heavy atom. The molecule has 0 aliphatic rings. The fourth-order valence-corrected chi connectivity index (χ4v) is 0. The molecule has 0 heterocycles. The molecular formula is H2FeMgNiSi. The molecule has 4 radical (unpaired) electrons. The van der Waals surface area contributed by atoms with Crippen molar-refractivity contribution in [2.45, 2.75) is 0 Å². The Balaban J connectivity index is 0. The molecule has 4 heavy (non-hydrogen) atoms. The smallest absolute Gasteiger partial charge is 1.00 e. The van der Waals surface area contributed by atoms with Crippen molar-refractivity contribution in [3.05, 3.63) is 0 Å². The second-order valence-electron chi connectivity index (χ2n) is 0. The molecule has 0 saturated carbocycles. The normalized spacial score (nSPS) is 0. The van der Waals surface area contributed by atoms with E-state index in [1.807, 2.05) is 0 Å². The Bertz CT molecular complexity index is 13.5. The van der Waals surface area contributed by atoms with Gasteiger partial charge in [0.2, 0.25) is 0 Å². The molecule has 0 aliphatic carbocycles. The van der Waals surface area contributed by atoms with Crippen LogP contribution in [0.3, 0.4) is 0 Å². The summed E-state index contributed by atoms with van der Waals surface area (Å²) in [4.78, 5) is 0. The van der Waals surface area contributed by atoms with Crippen molar-refractivity contribution < 1.29 is 36.4 Å². The molecule has 4 heteroatoms. The van der Waals surface area contributed by atoms with Crippen LogP contribution < -0.4 is 0 Å². The minimum Gasteiger partial charge on any atom is -1.00 e. The third kappa shape index (κ3) is 9.00. The van der Waals surface area contributed by atoms with E-state index in [0.717, 1.165) is 0 Å². The molecule has 0 spiro atoms. The maximum atomic E-state index is 0. The summed E-state index contributed by atoms with van der Waals surface area (Å²) in [5, 5.41) is 0. The van der Waals surface area contributed by atoms with Gasteiger partial charge in [-0.2, -0.15) is 0 Å². The zero-order valence-electron chi connectivity index (χ0n) is 3.88. The minimum absolute atomic E-state index is 0. The quantitative estimate of drug-likeness (QED) is 0.427. The van der Waals surface area contributed by atoms with E-state index in [1.54, 1.807) is 0 Å². The van der Waals surface area contributed by atoms with Crippen LogP contribution in [0.15, 0.2) is 0 Å². The first-order valence-corrected chi connectivity index (χ1v) is 0. The van der Waals surface area contributed by atoms with Crippen LogP contribution in [0.25, 0.3) is 0 Å². The topological polar surface area (TPSA) is 0 Å². The van der Waals surface area contributed by atoms with Gasteiger partial charge in [-0.3, -0.25) is 0 Å². The van der Waals surface area contributed by atoms with Crippen LogP contribution in [-0.2, 0) is 33.6 Å². The van der Waals surface area contributed by atoms with Gasteiger partial charge in [-0.15, -0.1) is 0 Å². The van der Waals surface area contributed by atoms with E-state index in [9.17, 15) is 0 Å². The van der Waals surface area contributed by atoms with Gasteiger partial charge in [0.15, 0.2) is 0 Å². The van der Waals surface area contributed by atoms with Crippen LogP contribution >= 0.6 is 0 Å². The van der Waals surface area contributed by atoms with Gasteiger partial charge < -0.3 is 2.85 Å². The van der Waals surface area contributed by atoms with E-state index in [0.29, 0.717) is 0 Å². The van der Waals surface area contributed by atoms with Gasteiger partial charge in [-0.1, -0.05) is 0 Å². The van der Waals surface area contributed by atoms with E-state index in [1.165, 1.54) is 0 Å². The molecule has 26 valence electrons. The van der Waals surface area contributed by atoms with Crippen LogP contribution in [-0.4, -0.2) is 34.0 Å². The van der Waals surface area contributed by atoms with E-state index >= 15 is 0 Å². The molecule has 0 aromatic heterocycles. The molecule has 0 atom stereocenters. The van der Waals surface area contributed by atoms with Gasteiger partial charge in [0, 0.05) is 44.5 Å². The molecule has 0 aromatic carbocycles. The van der Waals surface area contributed by atoms with E-state index < -0.39 is 0 Å². The van der Waals surface area contributed by atoms with Crippen LogP contribution in [0.2, 0.25) is 0 Å². The summed E-state index contributed by atoms with van der Waals surface area (Å²) in [5.74, 6) is 0. The van der Waals surface area contributed by atoms with Crippen LogP contribution in [0.5, 0.6) is 0 Å². The maximum absolute atomic E-state index is 0. The molecule has 0 unspecified atom stereocenters. The molecule has 0 rings (SSSR count). The molecular weight excluding hydrogens is 167 g/mol. The molecule has 0 N–H and O–H groups in total. The molecule has 0 nitrogen and oxygen atoms in total. The fraction of sp³-hybridized carbons (Fsp3) is 0. The van der Waals surface area contributed by atoms with Crippen LogP contribution in [0.1, 0.15) is 2.85 Å². The summed E-state index contributed by atoms with van der Waals surface area (Å²) < 4.78 is 0. The summed E-state index contributed by atoms with van der Waals surface area (Å²) >= 11 is 0. The maximum Gasteiger partial charge on any atom is 2.00 e. The van der Waals surface area contributed by atoms with E-state index in [-0.39, 0.29) is 70.4 Å². The molecule has 0 amide bonds. The van der Waals surface area contributed by atoms with E-state index in [4.69, 9.17) is 0 Å². The average molecular weight is 169 g/mol. The van der Waals surface area contributed by atoms with Crippen molar-refractivity contribution in [2.24, 2.45) is 0 Å². The van der Waals surface area contributed by atoms with Crippen molar-refractivity contribution in [1.29, 1.82) is 0 Å². The van der Waals surface area contributed by atoms with Gasteiger partial charge in [0.25, 0.3) is 0 Å². The summed E-state index contributed by atoms with van der Waals surface area (Å²) in [6, 6.07) is 0. The number of hydrogen-bond donors (Lipinski definition) is 0. The zero-order chi connectivity index (χ0) is 0. The Hall–Kier alpha value is 2.00. The van der Waals surface area contributed by atoms with Gasteiger partial charge in [-0.25, -0.2) is 0 Å². The Labute approximate surface area is 70.0 Å².